The van der Waals surface area contributed by atoms with E-state index in [1.807, 2.05) is 28.6 Å². The number of carbonyl (C=O) groups excluding carboxylic acids is 2. The van der Waals surface area contributed by atoms with Crippen LogP contribution in [0, 0.1) is 0 Å². The first-order valence-corrected chi connectivity index (χ1v) is 15.9. The van der Waals surface area contributed by atoms with E-state index in [-0.39, 0.29) is 35.7 Å². The van der Waals surface area contributed by atoms with Gasteiger partial charge in [0.15, 0.2) is 0 Å². The van der Waals surface area contributed by atoms with Crippen LogP contribution in [0.25, 0.3) is 28.2 Å². The summed E-state index contributed by atoms with van der Waals surface area (Å²) < 4.78 is 52.9. The molecule has 1 saturated heterocycles. The lowest BCUT2D eigenvalue weighted by molar-refractivity contribution is -0.274. The monoisotopic (exact) mass is 623 g/mol. The first kappa shape index (κ1) is 31.2. The van der Waals surface area contributed by atoms with Crippen LogP contribution in [-0.4, -0.2) is 72.4 Å². The summed E-state index contributed by atoms with van der Waals surface area (Å²) in [5.41, 5.74) is 4.17. The Bertz CT molecular complexity index is 1640. The van der Waals surface area contributed by atoms with E-state index in [9.17, 15) is 22.8 Å². The molecule has 3 aliphatic rings. The van der Waals surface area contributed by atoms with Crippen LogP contribution < -0.4 is 4.74 Å². The smallest absolute Gasteiger partial charge is 0.465 e. The maximum atomic E-state index is 14.4. The van der Waals surface area contributed by atoms with Crippen LogP contribution in [0.3, 0.4) is 0 Å². The number of hydrogen-bond donors (Lipinski definition) is 0. The number of alkyl halides is 3. The summed E-state index contributed by atoms with van der Waals surface area (Å²) in [5, 5.41) is 0.940. The summed E-state index contributed by atoms with van der Waals surface area (Å²) in [6.45, 7) is 4.37. The zero-order valence-corrected chi connectivity index (χ0v) is 26.1. The van der Waals surface area contributed by atoms with Gasteiger partial charge in [0.1, 0.15) is 5.75 Å². The number of rotatable bonds is 7. The Kier molecular flexibility index (Phi) is 8.70. The summed E-state index contributed by atoms with van der Waals surface area (Å²) in [5.74, 6) is -0.815. The average molecular weight is 624 g/mol. The molecule has 3 heterocycles. The van der Waals surface area contributed by atoms with Crippen LogP contribution in [-0.2, 0) is 16.1 Å². The summed E-state index contributed by atoms with van der Waals surface area (Å²) >= 11 is 0. The number of likely N-dealkylation sites (N-methyl/N-ethyl adjacent to an activating group) is 1. The minimum absolute atomic E-state index is 0.0114. The highest BCUT2D eigenvalue weighted by Crippen LogP contribution is 2.48. The molecule has 0 radical (unpaired) electrons. The van der Waals surface area contributed by atoms with Crippen molar-refractivity contribution in [3.05, 3.63) is 58.7 Å². The van der Waals surface area contributed by atoms with Crippen molar-refractivity contribution >= 4 is 28.9 Å². The zero-order chi connectivity index (χ0) is 31.9. The number of ether oxygens (including phenoxy) is 2. The van der Waals surface area contributed by atoms with E-state index >= 15 is 0 Å². The van der Waals surface area contributed by atoms with Gasteiger partial charge in [0.2, 0.25) is 0 Å². The van der Waals surface area contributed by atoms with Crippen LogP contribution in [0.4, 0.5) is 13.2 Å². The molecule has 7 nitrogen and oxygen atoms in total. The molecule has 1 atom stereocenters. The van der Waals surface area contributed by atoms with Gasteiger partial charge in [-0.05, 0) is 75.0 Å². The van der Waals surface area contributed by atoms with Crippen molar-refractivity contribution in [3.8, 4) is 17.0 Å². The lowest BCUT2D eigenvalue weighted by Crippen LogP contribution is -2.43. The number of hydrogen-bond acceptors (Lipinski definition) is 5. The van der Waals surface area contributed by atoms with Gasteiger partial charge < -0.3 is 23.8 Å². The second kappa shape index (κ2) is 12.5. The van der Waals surface area contributed by atoms with Crippen molar-refractivity contribution in [1.29, 1.82) is 0 Å². The second-order valence-corrected chi connectivity index (χ2v) is 12.5. The first-order chi connectivity index (χ1) is 21.6. The Balaban J connectivity index is 1.59. The van der Waals surface area contributed by atoms with Gasteiger partial charge in [0.05, 0.1) is 24.9 Å². The molecule has 1 aromatic heterocycles. The average Bonchev–Trinajstić information content (AvgIpc) is 3.57. The molecule has 1 amide bonds. The SMILES string of the molecule is CCN(C)CC1CCCN1C(=O)C1=Cc2c(OC(F)(F)F)cccc2-c2c(C3CCCCC3)c3ccc(C(=O)OC)cc3n2C1. The summed E-state index contributed by atoms with van der Waals surface area (Å²) in [4.78, 5) is 31.1. The Labute approximate surface area is 261 Å². The van der Waals surface area contributed by atoms with E-state index in [0.717, 1.165) is 80.2 Å². The number of fused-ring (bicyclic) bond motifs is 5. The summed E-state index contributed by atoms with van der Waals surface area (Å²) in [6, 6.07) is 10.2. The van der Waals surface area contributed by atoms with Gasteiger partial charge in [-0.1, -0.05) is 44.4 Å². The maximum absolute atomic E-state index is 14.4. The molecule has 45 heavy (non-hydrogen) atoms. The fraction of sp³-hybridized carbons (Fsp3) is 0.486. The number of nitrogens with zero attached hydrogens (tertiary/aromatic N) is 3. The van der Waals surface area contributed by atoms with Crippen molar-refractivity contribution in [2.75, 3.05) is 33.8 Å². The standard InChI is InChI=1S/C35H40F3N3O4/c1-4-39(2)21-25-12-9-17-40(25)33(42)24-18-28-26(13-8-14-30(28)45-35(36,37)38)32-31(22-10-6-5-7-11-22)27-16-15-23(34(43)44-3)19-29(27)41(32)20-24/h8,13-16,18-19,22,25H,4-7,9-12,17,20-21H2,1-3H3. The lowest BCUT2D eigenvalue weighted by atomic mass is 9.81. The van der Waals surface area contributed by atoms with E-state index in [4.69, 9.17) is 4.74 Å². The highest BCUT2D eigenvalue weighted by molar-refractivity contribution is 6.04. The molecular weight excluding hydrogens is 583 g/mol. The zero-order valence-electron chi connectivity index (χ0n) is 26.1. The largest absolute Gasteiger partial charge is 0.573 e. The molecule has 0 N–H and O–H groups in total. The third-order valence-corrected chi connectivity index (χ3v) is 9.71. The van der Waals surface area contributed by atoms with E-state index in [2.05, 4.69) is 16.6 Å². The van der Waals surface area contributed by atoms with Crippen molar-refractivity contribution in [3.63, 3.8) is 0 Å². The van der Waals surface area contributed by atoms with Crippen LogP contribution in [0.1, 0.15) is 79.3 Å². The van der Waals surface area contributed by atoms with Crippen LogP contribution >= 0.6 is 0 Å². The maximum Gasteiger partial charge on any atom is 0.573 e. The van der Waals surface area contributed by atoms with E-state index in [1.54, 1.807) is 24.3 Å². The molecule has 10 heteroatoms. The van der Waals surface area contributed by atoms with Crippen LogP contribution in [0.5, 0.6) is 5.75 Å². The number of likely N-dealkylation sites (tertiary alicyclic amines) is 1. The molecular formula is C35H40F3N3O4. The first-order valence-electron chi connectivity index (χ1n) is 15.9. The predicted octanol–water partition coefficient (Wildman–Crippen LogP) is 7.38. The van der Waals surface area contributed by atoms with Gasteiger partial charge in [-0.3, -0.25) is 4.79 Å². The van der Waals surface area contributed by atoms with Crippen molar-refractivity contribution in [1.82, 2.24) is 14.4 Å². The Hall–Kier alpha value is -3.79. The quantitative estimate of drug-likeness (QED) is 0.257. The van der Waals surface area contributed by atoms with Gasteiger partial charge in [-0.15, -0.1) is 13.2 Å². The molecule has 3 aromatic rings. The molecule has 1 aliphatic carbocycles. The summed E-state index contributed by atoms with van der Waals surface area (Å²) in [6.07, 6.45) is 3.61. The van der Waals surface area contributed by atoms with E-state index in [1.165, 1.54) is 13.2 Å². The molecule has 6 rings (SSSR count). The number of esters is 1. The number of methoxy groups -OCH3 is 1. The second-order valence-electron chi connectivity index (χ2n) is 12.5. The molecule has 240 valence electrons. The van der Waals surface area contributed by atoms with Crippen molar-refractivity contribution < 1.29 is 32.2 Å². The molecule has 1 unspecified atom stereocenters. The van der Waals surface area contributed by atoms with Crippen molar-refractivity contribution in [2.24, 2.45) is 0 Å². The van der Waals surface area contributed by atoms with Gasteiger partial charge in [-0.25, -0.2) is 4.79 Å². The molecule has 2 aliphatic heterocycles. The Morgan fingerprint density at radius 1 is 1.04 bits per heavy atom. The van der Waals surface area contributed by atoms with Gasteiger partial charge in [0.25, 0.3) is 5.91 Å². The molecule has 0 spiro atoms. The fourth-order valence-corrected chi connectivity index (χ4v) is 7.48. The predicted molar refractivity (Wildman–Crippen MR) is 167 cm³/mol. The lowest BCUT2D eigenvalue weighted by Gasteiger charge is -2.29. The van der Waals surface area contributed by atoms with Crippen molar-refractivity contribution in [2.45, 2.75) is 76.7 Å². The van der Waals surface area contributed by atoms with Crippen LogP contribution in [0.15, 0.2) is 42.0 Å². The minimum atomic E-state index is -4.90. The topological polar surface area (TPSA) is 64.0 Å². The van der Waals surface area contributed by atoms with Gasteiger partial charge >= 0.3 is 12.3 Å². The highest BCUT2D eigenvalue weighted by Gasteiger charge is 2.37. The Morgan fingerprint density at radius 2 is 1.82 bits per heavy atom. The fourth-order valence-electron chi connectivity index (χ4n) is 7.48. The molecule has 1 saturated carbocycles. The van der Waals surface area contributed by atoms with E-state index < -0.39 is 12.3 Å². The minimum Gasteiger partial charge on any atom is -0.465 e. The molecule has 2 fully saturated rings. The number of carbonyl (C=O) groups is 2. The van der Waals surface area contributed by atoms with Crippen LogP contribution in [0.2, 0.25) is 0 Å². The van der Waals surface area contributed by atoms with Gasteiger partial charge in [-0.2, -0.15) is 0 Å². The number of halogens is 3. The number of amides is 1. The normalized spacial score (nSPS) is 18.9. The third-order valence-electron chi connectivity index (χ3n) is 9.71. The van der Waals surface area contributed by atoms with Gasteiger partial charge in [0, 0.05) is 46.7 Å². The highest BCUT2D eigenvalue weighted by atomic mass is 19.4. The van der Waals surface area contributed by atoms with E-state index in [0.29, 0.717) is 23.2 Å². The summed E-state index contributed by atoms with van der Waals surface area (Å²) in [7, 11) is 3.35. The molecule has 2 aromatic carbocycles. The number of aromatic nitrogens is 1. The number of benzene rings is 2. The third kappa shape index (κ3) is 6.09. The Morgan fingerprint density at radius 3 is 2.53 bits per heavy atom. The molecule has 0 bridgehead atoms.